The molecule has 5 nitrogen and oxygen atoms in total. The highest BCUT2D eigenvalue weighted by molar-refractivity contribution is 6.29. The first-order valence-electron chi connectivity index (χ1n) is 8.12. The fourth-order valence-electron chi connectivity index (χ4n) is 3.51. The van der Waals surface area contributed by atoms with Crippen LogP contribution in [-0.2, 0) is 0 Å². The molecule has 1 aromatic carbocycles. The Morgan fingerprint density at radius 3 is 2.71 bits per heavy atom. The van der Waals surface area contributed by atoms with Crippen LogP contribution in [0.25, 0.3) is 0 Å². The number of carbonyl (C=O) groups is 1. The van der Waals surface area contributed by atoms with E-state index in [4.69, 9.17) is 16.3 Å². The number of amides is 1. The van der Waals surface area contributed by atoms with Crippen LogP contribution in [0.3, 0.4) is 0 Å². The van der Waals surface area contributed by atoms with Gasteiger partial charge in [-0.25, -0.2) is 4.98 Å². The van der Waals surface area contributed by atoms with Crippen molar-refractivity contribution in [3.8, 4) is 11.6 Å². The van der Waals surface area contributed by atoms with Crippen molar-refractivity contribution in [2.24, 2.45) is 5.92 Å². The number of halogens is 1. The predicted octanol–water partition coefficient (Wildman–Crippen LogP) is 3.01. The third-order valence-corrected chi connectivity index (χ3v) is 4.88. The Bertz CT molecular complexity index is 750. The molecule has 3 atom stereocenters. The first kappa shape index (κ1) is 15.4. The normalized spacial score (nSPS) is 24.8. The van der Waals surface area contributed by atoms with Gasteiger partial charge in [-0.15, -0.1) is 0 Å². The Kier molecular flexibility index (Phi) is 4.12. The number of piperidine rings is 1. The molecule has 1 aliphatic heterocycles. The molecule has 2 fully saturated rings. The van der Waals surface area contributed by atoms with E-state index in [9.17, 15) is 4.79 Å². The molecule has 24 heavy (non-hydrogen) atoms. The zero-order chi connectivity index (χ0) is 16.5. The van der Waals surface area contributed by atoms with E-state index >= 15 is 0 Å². The smallest absolute Gasteiger partial charge is 0.251 e. The number of hydrogen-bond donors (Lipinski definition) is 2. The van der Waals surface area contributed by atoms with E-state index in [1.807, 2.05) is 0 Å². The SMILES string of the molecule is O=C(NC1CC2CNC1C2)c1ccc(Oc2cccc(Cl)n2)cc1. The molecule has 0 spiro atoms. The average Bonchev–Trinajstić information content (AvgIpc) is 3.18. The number of hydrogen-bond acceptors (Lipinski definition) is 4. The molecule has 1 amide bonds. The van der Waals surface area contributed by atoms with Gasteiger partial charge in [0.05, 0.1) is 0 Å². The quantitative estimate of drug-likeness (QED) is 0.838. The van der Waals surface area contributed by atoms with E-state index in [0.717, 1.165) is 13.0 Å². The van der Waals surface area contributed by atoms with Gasteiger partial charge in [0, 0.05) is 23.7 Å². The van der Waals surface area contributed by atoms with Crippen molar-refractivity contribution in [2.75, 3.05) is 6.54 Å². The Hall–Kier alpha value is -2.11. The fourth-order valence-corrected chi connectivity index (χ4v) is 3.66. The van der Waals surface area contributed by atoms with E-state index < -0.39 is 0 Å². The van der Waals surface area contributed by atoms with E-state index in [0.29, 0.717) is 34.3 Å². The summed E-state index contributed by atoms with van der Waals surface area (Å²) in [4.78, 5) is 16.5. The summed E-state index contributed by atoms with van der Waals surface area (Å²) in [6, 6.07) is 12.9. The van der Waals surface area contributed by atoms with Crippen molar-refractivity contribution in [1.82, 2.24) is 15.6 Å². The van der Waals surface area contributed by atoms with Crippen LogP contribution < -0.4 is 15.4 Å². The van der Waals surface area contributed by atoms with Gasteiger partial charge < -0.3 is 15.4 Å². The molecule has 2 bridgehead atoms. The molecule has 1 saturated carbocycles. The molecular weight excluding hydrogens is 326 g/mol. The third-order valence-electron chi connectivity index (χ3n) is 4.67. The van der Waals surface area contributed by atoms with Gasteiger partial charge >= 0.3 is 0 Å². The zero-order valence-electron chi connectivity index (χ0n) is 13.0. The lowest BCUT2D eigenvalue weighted by atomic mass is 10.1. The summed E-state index contributed by atoms with van der Waals surface area (Å²) >= 11 is 5.84. The van der Waals surface area contributed by atoms with Gasteiger partial charge in [-0.2, -0.15) is 0 Å². The summed E-state index contributed by atoms with van der Waals surface area (Å²) in [5.74, 6) is 1.71. The standard InChI is InChI=1S/C18H18ClN3O2/c19-16-2-1-3-17(22-16)24-13-6-4-12(5-7-13)18(23)21-15-9-11-8-14(15)20-10-11/h1-7,11,14-15,20H,8-10H2,(H,21,23). The maximum absolute atomic E-state index is 12.4. The van der Waals surface area contributed by atoms with Crippen LogP contribution in [0.1, 0.15) is 23.2 Å². The number of pyridine rings is 1. The Morgan fingerprint density at radius 1 is 1.21 bits per heavy atom. The summed E-state index contributed by atoms with van der Waals surface area (Å²) in [5.41, 5.74) is 0.629. The van der Waals surface area contributed by atoms with Crippen molar-refractivity contribution in [3.63, 3.8) is 0 Å². The minimum absolute atomic E-state index is 0.0400. The van der Waals surface area contributed by atoms with Crippen LogP contribution in [0.15, 0.2) is 42.5 Å². The molecule has 2 aromatic rings. The number of nitrogens with zero attached hydrogens (tertiary/aromatic N) is 1. The number of rotatable bonds is 4. The van der Waals surface area contributed by atoms with E-state index in [2.05, 4.69) is 15.6 Å². The van der Waals surface area contributed by atoms with Crippen LogP contribution >= 0.6 is 11.6 Å². The van der Waals surface area contributed by atoms with Gasteiger partial charge in [0.2, 0.25) is 5.88 Å². The van der Waals surface area contributed by atoms with Crippen molar-refractivity contribution < 1.29 is 9.53 Å². The maximum Gasteiger partial charge on any atom is 0.251 e. The van der Waals surface area contributed by atoms with Gasteiger partial charge in [-0.1, -0.05) is 17.7 Å². The highest BCUT2D eigenvalue weighted by atomic mass is 35.5. The number of fused-ring (bicyclic) bond motifs is 2. The number of carbonyl (C=O) groups excluding carboxylic acids is 1. The lowest BCUT2D eigenvalue weighted by molar-refractivity contribution is 0.0928. The van der Waals surface area contributed by atoms with Gasteiger partial charge in [0.15, 0.2) is 0 Å². The van der Waals surface area contributed by atoms with Crippen molar-refractivity contribution >= 4 is 17.5 Å². The summed E-state index contributed by atoms with van der Waals surface area (Å²) in [5, 5.41) is 6.96. The second-order valence-corrected chi connectivity index (χ2v) is 6.74. The molecule has 1 saturated heterocycles. The van der Waals surface area contributed by atoms with Crippen LogP contribution in [0.4, 0.5) is 0 Å². The summed E-state index contributed by atoms with van der Waals surface area (Å²) in [7, 11) is 0. The van der Waals surface area contributed by atoms with Crippen LogP contribution in [0.5, 0.6) is 11.6 Å². The molecule has 124 valence electrons. The van der Waals surface area contributed by atoms with Crippen molar-refractivity contribution in [2.45, 2.75) is 24.9 Å². The minimum Gasteiger partial charge on any atom is -0.439 e. The molecule has 2 heterocycles. The molecule has 6 heteroatoms. The Morgan fingerprint density at radius 2 is 2.04 bits per heavy atom. The molecule has 3 unspecified atom stereocenters. The van der Waals surface area contributed by atoms with E-state index in [1.54, 1.807) is 42.5 Å². The zero-order valence-corrected chi connectivity index (χ0v) is 13.8. The fraction of sp³-hybridized carbons (Fsp3) is 0.333. The Labute approximate surface area is 145 Å². The van der Waals surface area contributed by atoms with Gasteiger partial charge in [0.25, 0.3) is 5.91 Å². The first-order chi connectivity index (χ1) is 11.7. The summed E-state index contributed by atoms with van der Waals surface area (Å²) in [6.45, 7) is 1.08. The molecule has 2 N–H and O–H groups in total. The molecule has 1 aliphatic carbocycles. The lowest BCUT2D eigenvalue weighted by Crippen LogP contribution is -2.47. The highest BCUT2D eigenvalue weighted by Crippen LogP contribution is 2.31. The second kappa shape index (κ2) is 6.42. The van der Waals surface area contributed by atoms with E-state index in [-0.39, 0.29) is 11.9 Å². The molecule has 4 rings (SSSR count). The average molecular weight is 344 g/mol. The van der Waals surface area contributed by atoms with Crippen molar-refractivity contribution in [3.05, 3.63) is 53.2 Å². The highest BCUT2D eigenvalue weighted by Gasteiger charge is 2.39. The van der Waals surface area contributed by atoms with E-state index in [1.165, 1.54) is 6.42 Å². The monoisotopic (exact) mass is 343 g/mol. The maximum atomic E-state index is 12.4. The largest absolute Gasteiger partial charge is 0.439 e. The third kappa shape index (κ3) is 3.23. The number of ether oxygens (including phenoxy) is 1. The van der Waals surface area contributed by atoms with Crippen molar-refractivity contribution in [1.29, 1.82) is 0 Å². The Balaban J connectivity index is 1.39. The van der Waals surface area contributed by atoms with Gasteiger partial charge in [-0.3, -0.25) is 4.79 Å². The number of benzene rings is 1. The predicted molar refractivity (Wildman–Crippen MR) is 91.5 cm³/mol. The molecule has 2 aliphatic rings. The summed E-state index contributed by atoms with van der Waals surface area (Å²) < 4.78 is 5.63. The first-order valence-corrected chi connectivity index (χ1v) is 8.50. The molecule has 1 aromatic heterocycles. The minimum atomic E-state index is -0.0400. The van der Waals surface area contributed by atoms with Gasteiger partial charge in [0.1, 0.15) is 10.9 Å². The van der Waals surface area contributed by atoms with Gasteiger partial charge in [-0.05, 0) is 55.6 Å². The molecule has 0 radical (unpaired) electrons. The number of nitrogens with one attached hydrogen (secondary N) is 2. The summed E-state index contributed by atoms with van der Waals surface area (Å²) in [6.07, 6.45) is 2.25. The number of aromatic nitrogens is 1. The molecular formula is C18H18ClN3O2. The van der Waals surface area contributed by atoms with Crippen LogP contribution in [-0.4, -0.2) is 29.5 Å². The lowest BCUT2D eigenvalue weighted by Gasteiger charge is -2.24. The second-order valence-electron chi connectivity index (χ2n) is 6.36. The topological polar surface area (TPSA) is 63.2 Å². The van der Waals surface area contributed by atoms with Crippen LogP contribution in [0, 0.1) is 5.92 Å². The van der Waals surface area contributed by atoms with Crippen LogP contribution in [0.2, 0.25) is 5.15 Å².